The molecule has 1 atom stereocenters. The largest absolute Gasteiger partial charge is 0.359 e. The smallest absolute Gasteiger partial charge is 0.242 e. The van der Waals surface area contributed by atoms with Gasteiger partial charge in [0.15, 0.2) is 5.82 Å². The molecule has 24 heavy (non-hydrogen) atoms. The Labute approximate surface area is 140 Å². The van der Waals surface area contributed by atoms with Crippen molar-refractivity contribution in [1.29, 1.82) is 0 Å². The standard InChI is InChI=1S/C16H17FN6O.2H2/c1-3-18-16(24)9(2)22-13-4-5-19-15(23-13)12-8-21-14-11(12)6-10(17)7-20-14;;/h4-9H,3H2,1-2H3,(H,18,24)(H,20,21)(H,19,22,23);2*1H/t9-;;/m1../s1. The van der Waals surface area contributed by atoms with Crippen molar-refractivity contribution >= 4 is 22.8 Å². The second-order valence-corrected chi connectivity index (χ2v) is 5.28. The van der Waals surface area contributed by atoms with Crippen LogP contribution in [-0.4, -0.2) is 38.4 Å². The van der Waals surface area contributed by atoms with E-state index in [-0.39, 0.29) is 8.76 Å². The van der Waals surface area contributed by atoms with E-state index in [4.69, 9.17) is 0 Å². The van der Waals surface area contributed by atoms with Crippen molar-refractivity contribution in [2.45, 2.75) is 19.9 Å². The van der Waals surface area contributed by atoms with Gasteiger partial charge in [-0.3, -0.25) is 4.79 Å². The maximum absolute atomic E-state index is 13.4. The van der Waals surface area contributed by atoms with E-state index in [2.05, 4.69) is 30.6 Å². The number of anilines is 1. The third-order valence-electron chi connectivity index (χ3n) is 3.50. The third-order valence-corrected chi connectivity index (χ3v) is 3.50. The first-order chi connectivity index (χ1) is 11.6. The van der Waals surface area contributed by atoms with E-state index in [0.717, 1.165) is 6.20 Å². The molecule has 0 saturated carbocycles. The van der Waals surface area contributed by atoms with Crippen LogP contribution in [0.25, 0.3) is 22.4 Å². The summed E-state index contributed by atoms with van der Waals surface area (Å²) in [7, 11) is 0. The number of fused-ring (bicyclic) bond motifs is 1. The molecule has 7 nitrogen and oxygen atoms in total. The number of carbonyl (C=O) groups excluding carboxylic acids is 1. The van der Waals surface area contributed by atoms with Gasteiger partial charge in [-0.2, -0.15) is 0 Å². The van der Waals surface area contributed by atoms with Crippen molar-refractivity contribution in [3.8, 4) is 11.4 Å². The van der Waals surface area contributed by atoms with Crippen LogP contribution >= 0.6 is 0 Å². The molecule has 128 valence electrons. The molecule has 3 N–H and O–H groups in total. The van der Waals surface area contributed by atoms with Gasteiger partial charge in [0, 0.05) is 32.7 Å². The number of halogens is 1. The van der Waals surface area contributed by atoms with Gasteiger partial charge in [-0.15, -0.1) is 0 Å². The topological polar surface area (TPSA) is 95.6 Å². The third kappa shape index (κ3) is 3.17. The van der Waals surface area contributed by atoms with Crippen LogP contribution in [0, 0.1) is 5.82 Å². The molecular weight excluding hydrogens is 311 g/mol. The minimum Gasteiger partial charge on any atom is -0.359 e. The number of amides is 1. The van der Waals surface area contributed by atoms with Crippen molar-refractivity contribution < 1.29 is 12.0 Å². The summed E-state index contributed by atoms with van der Waals surface area (Å²) in [5, 5.41) is 6.36. The van der Waals surface area contributed by atoms with Crippen molar-refractivity contribution in [2.75, 3.05) is 11.9 Å². The Bertz CT molecular complexity index is 888. The van der Waals surface area contributed by atoms with E-state index in [9.17, 15) is 9.18 Å². The Morgan fingerprint density at radius 1 is 1.46 bits per heavy atom. The number of likely N-dealkylation sites (N-methyl/N-ethyl adjacent to an activating group) is 1. The zero-order valence-corrected chi connectivity index (χ0v) is 13.3. The van der Waals surface area contributed by atoms with Crippen LogP contribution in [-0.2, 0) is 4.79 Å². The number of pyridine rings is 1. The molecule has 0 aliphatic rings. The van der Waals surface area contributed by atoms with Crippen LogP contribution in [0.1, 0.15) is 16.7 Å². The summed E-state index contributed by atoms with van der Waals surface area (Å²) in [5.41, 5.74) is 1.20. The van der Waals surface area contributed by atoms with Gasteiger partial charge >= 0.3 is 0 Å². The highest BCUT2D eigenvalue weighted by molar-refractivity contribution is 5.91. The van der Waals surface area contributed by atoms with Crippen LogP contribution in [0.4, 0.5) is 10.2 Å². The Morgan fingerprint density at radius 2 is 2.29 bits per heavy atom. The molecule has 1 amide bonds. The zero-order chi connectivity index (χ0) is 17.1. The molecular formula is C16H21FN6O. The Kier molecular flexibility index (Phi) is 4.37. The van der Waals surface area contributed by atoms with E-state index in [1.807, 2.05) is 6.92 Å². The minimum absolute atomic E-state index is 0. The normalized spacial score (nSPS) is 12.1. The lowest BCUT2D eigenvalue weighted by atomic mass is 10.2. The molecule has 0 saturated heterocycles. The fourth-order valence-electron chi connectivity index (χ4n) is 2.35. The molecule has 0 fully saturated rings. The van der Waals surface area contributed by atoms with E-state index in [1.54, 1.807) is 25.4 Å². The summed E-state index contributed by atoms with van der Waals surface area (Å²) in [4.78, 5) is 27.4. The number of aromatic amines is 1. The number of hydrogen-bond donors (Lipinski definition) is 3. The molecule has 0 aliphatic carbocycles. The SMILES string of the molecule is CCNC(=O)[C@@H](C)Nc1ccnc(-c2c[nH]c3ncc(F)cc23)n1.[HH].[HH]. The molecule has 3 rings (SSSR count). The predicted molar refractivity (Wildman–Crippen MR) is 93.1 cm³/mol. The first-order valence-corrected chi connectivity index (χ1v) is 7.58. The van der Waals surface area contributed by atoms with Gasteiger partial charge in [0.1, 0.15) is 23.3 Å². The number of rotatable bonds is 5. The van der Waals surface area contributed by atoms with E-state index < -0.39 is 11.9 Å². The minimum atomic E-state index is -0.435. The summed E-state index contributed by atoms with van der Waals surface area (Å²) < 4.78 is 13.4. The summed E-state index contributed by atoms with van der Waals surface area (Å²) in [6, 6.07) is 2.62. The second kappa shape index (κ2) is 6.61. The Morgan fingerprint density at radius 3 is 3.08 bits per heavy atom. The van der Waals surface area contributed by atoms with Gasteiger partial charge in [0.2, 0.25) is 5.91 Å². The summed E-state index contributed by atoms with van der Waals surface area (Å²) in [6.07, 6.45) is 4.42. The fraction of sp³-hybridized carbons (Fsp3) is 0.250. The Hall–Kier alpha value is -3.03. The average molecular weight is 332 g/mol. The molecule has 8 heteroatoms. The van der Waals surface area contributed by atoms with Gasteiger partial charge in [0.05, 0.1) is 6.20 Å². The number of H-pyrrole nitrogens is 1. The van der Waals surface area contributed by atoms with Crippen molar-refractivity contribution in [3.05, 3.63) is 36.5 Å². The van der Waals surface area contributed by atoms with Crippen molar-refractivity contribution in [3.63, 3.8) is 0 Å². The molecule has 3 heterocycles. The van der Waals surface area contributed by atoms with Gasteiger partial charge in [-0.05, 0) is 26.0 Å². The van der Waals surface area contributed by atoms with Gasteiger partial charge in [0.25, 0.3) is 0 Å². The highest BCUT2D eigenvalue weighted by Crippen LogP contribution is 2.26. The maximum atomic E-state index is 13.4. The van der Waals surface area contributed by atoms with Crippen LogP contribution in [0.2, 0.25) is 0 Å². The Balaban J connectivity index is 0.00000169. The number of hydrogen-bond acceptors (Lipinski definition) is 5. The number of nitrogens with one attached hydrogen (secondary N) is 3. The summed E-state index contributed by atoms with van der Waals surface area (Å²) in [5.74, 6) is 0.387. The second-order valence-electron chi connectivity index (χ2n) is 5.28. The van der Waals surface area contributed by atoms with Gasteiger partial charge < -0.3 is 15.6 Å². The molecule has 0 aliphatic heterocycles. The first kappa shape index (κ1) is 15.9. The van der Waals surface area contributed by atoms with E-state index in [0.29, 0.717) is 34.8 Å². The van der Waals surface area contributed by atoms with E-state index in [1.165, 1.54) is 6.07 Å². The monoisotopic (exact) mass is 332 g/mol. The number of carbonyl (C=O) groups is 1. The molecule has 0 spiro atoms. The van der Waals surface area contributed by atoms with Crippen LogP contribution in [0.15, 0.2) is 30.7 Å². The van der Waals surface area contributed by atoms with Crippen molar-refractivity contribution in [2.24, 2.45) is 0 Å². The number of nitrogens with zero attached hydrogens (tertiary/aromatic N) is 3. The quantitative estimate of drug-likeness (QED) is 0.667. The predicted octanol–water partition coefficient (Wildman–Crippen LogP) is 2.59. The van der Waals surface area contributed by atoms with Crippen LogP contribution in [0.5, 0.6) is 0 Å². The molecule has 0 aromatic carbocycles. The fourth-order valence-corrected chi connectivity index (χ4v) is 2.35. The average Bonchev–Trinajstić information content (AvgIpc) is 2.98. The summed E-state index contributed by atoms with van der Waals surface area (Å²) in [6.45, 7) is 4.17. The highest BCUT2D eigenvalue weighted by atomic mass is 19.1. The first-order valence-electron chi connectivity index (χ1n) is 7.58. The summed E-state index contributed by atoms with van der Waals surface area (Å²) >= 11 is 0. The van der Waals surface area contributed by atoms with E-state index >= 15 is 0 Å². The zero-order valence-electron chi connectivity index (χ0n) is 13.3. The van der Waals surface area contributed by atoms with Crippen LogP contribution < -0.4 is 10.6 Å². The van der Waals surface area contributed by atoms with Gasteiger partial charge in [-0.25, -0.2) is 19.3 Å². The molecule has 3 aromatic rings. The maximum Gasteiger partial charge on any atom is 0.242 e. The lowest BCUT2D eigenvalue weighted by Crippen LogP contribution is -2.37. The van der Waals surface area contributed by atoms with Crippen molar-refractivity contribution in [1.82, 2.24) is 25.3 Å². The lowest BCUT2D eigenvalue weighted by Gasteiger charge is -2.14. The highest BCUT2D eigenvalue weighted by Gasteiger charge is 2.14. The van der Waals surface area contributed by atoms with Gasteiger partial charge in [-0.1, -0.05) is 0 Å². The lowest BCUT2D eigenvalue weighted by molar-refractivity contribution is -0.121. The number of aromatic nitrogens is 4. The molecule has 0 unspecified atom stereocenters. The van der Waals surface area contributed by atoms with Crippen LogP contribution in [0.3, 0.4) is 0 Å². The molecule has 0 radical (unpaired) electrons. The molecule has 0 bridgehead atoms. The molecule has 3 aromatic heterocycles.